The van der Waals surface area contributed by atoms with Gasteiger partial charge < -0.3 is 35.3 Å². The monoisotopic (exact) mass is 555 g/mol. The summed E-state index contributed by atoms with van der Waals surface area (Å²) in [4.78, 5) is 0. The van der Waals surface area contributed by atoms with E-state index in [0.29, 0.717) is 0 Å². The van der Waals surface area contributed by atoms with Gasteiger partial charge in [-0.05, 0) is 26.7 Å². The Kier molecular flexibility index (Phi) is 32.1. The van der Waals surface area contributed by atoms with E-state index in [9.17, 15) is 0 Å². The molecule has 0 aromatic carbocycles. The summed E-state index contributed by atoms with van der Waals surface area (Å²) in [5.74, 6) is 0. The molecule has 0 fully saturated rings. The van der Waals surface area contributed by atoms with Crippen molar-refractivity contribution in [2.45, 2.75) is 142 Å². The Morgan fingerprint density at radius 2 is 0.861 bits per heavy atom. The van der Waals surface area contributed by atoms with E-state index in [1.807, 2.05) is 0 Å². The maximum atomic E-state index is 8.06. The number of halogens is 1. The van der Waals surface area contributed by atoms with Crippen molar-refractivity contribution in [2.75, 3.05) is 48.5 Å². The van der Waals surface area contributed by atoms with Crippen LogP contribution in [0.2, 0.25) is 6.04 Å². The van der Waals surface area contributed by atoms with E-state index >= 15 is 0 Å². The second kappa shape index (κ2) is 28.3. The molecule has 7 heteroatoms. The Morgan fingerprint density at radius 1 is 0.583 bits per heavy atom. The van der Waals surface area contributed by atoms with Crippen LogP contribution in [0.5, 0.6) is 0 Å². The van der Waals surface area contributed by atoms with Crippen molar-refractivity contribution >= 4 is 8.80 Å². The second-order valence-corrected chi connectivity index (χ2v) is 14.3. The normalized spacial score (nSPS) is 11.8. The molecular weight excluding hydrogens is 490 g/mol. The molecule has 5 nitrogen and oxygen atoms in total. The molecule has 0 spiro atoms. The van der Waals surface area contributed by atoms with Crippen LogP contribution in [0.3, 0.4) is 0 Å². The zero-order chi connectivity index (χ0) is 26.8. The van der Waals surface area contributed by atoms with Crippen LogP contribution in [0.4, 0.5) is 0 Å². The summed E-state index contributed by atoms with van der Waals surface area (Å²) >= 11 is 0. The molecule has 0 aromatic rings. The van der Waals surface area contributed by atoms with Crippen molar-refractivity contribution in [1.29, 1.82) is 0 Å². The van der Waals surface area contributed by atoms with Crippen molar-refractivity contribution in [1.82, 2.24) is 0 Å². The lowest BCUT2D eigenvalue weighted by Crippen LogP contribution is -3.00. The maximum absolute atomic E-state index is 8.06. The number of nitrogens with zero attached hydrogens (tertiary/aromatic N) is 1. The van der Waals surface area contributed by atoms with Gasteiger partial charge in [0.15, 0.2) is 0 Å². The molecule has 0 aliphatic carbocycles. The molecule has 0 atom stereocenters. The number of rotatable bonds is 24. The number of hydrogen-bond acceptors (Lipinski definition) is 4. The summed E-state index contributed by atoms with van der Waals surface area (Å²) in [6.07, 6.45) is 23.8. The Bertz CT molecular complexity index is 413. The minimum Gasteiger partial charge on any atom is -1.00 e. The van der Waals surface area contributed by atoms with Gasteiger partial charge >= 0.3 is 8.80 Å². The first-order valence-corrected chi connectivity index (χ1v) is 16.8. The fourth-order valence-electron chi connectivity index (χ4n) is 4.48. The average Bonchev–Trinajstić information content (AvgIpc) is 2.81. The summed E-state index contributed by atoms with van der Waals surface area (Å²) in [5, 5.41) is 8.06. The minimum absolute atomic E-state index is 0. The Balaban J connectivity index is -0.00000201. The van der Waals surface area contributed by atoms with Gasteiger partial charge in [-0.2, -0.15) is 0 Å². The molecule has 0 radical (unpaired) electrons. The summed E-state index contributed by atoms with van der Waals surface area (Å²) in [6, 6.07) is 0.900. The lowest BCUT2D eigenvalue weighted by Gasteiger charge is -2.31. The van der Waals surface area contributed by atoms with Crippen LogP contribution < -0.4 is 12.4 Å². The van der Waals surface area contributed by atoms with Crippen LogP contribution in [0, 0.1) is 0 Å². The Morgan fingerprint density at radius 3 is 1.17 bits per heavy atom. The van der Waals surface area contributed by atoms with Gasteiger partial charge in [0.05, 0.1) is 27.2 Å². The standard InChI is InChI=1S/C26H58NO3Si.C3H8O.ClH/c1-7-8-9-10-11-12-13-14-15-16-17-18-19-20-21-22-24-27(2,3)25-23-26-31(28-4,29-5)30-6;1-3(2)4;/h7-26H2,1-6H3;3-4H,1-2H3;1H/q+1;;/p-1. The topological polar surface area (TPSA) is 47.9 Å². The van der Waals surface area contributed by atoms with Crippen LogP contribution in [-0.4, -0.2) is 73.0 Å². The average molecular weight is 556 g/mol. The Hall–Kier alpha value is 0.307. The van der Waals surface area contributed by atoms with Gasteiger partial charge in [-0.15, -0.1) is 0 Å². The Labute approximate surface area is 234 Å². The SMILES string of the molecule is CC(C)O.CCCCCCCCCCCCCCCCCC[N+](C)(C)CCC[Si](OC)(OC)OC.[Cl-]. The molecule has 0 aliphatic heterocycles. The molecule has 0 saturated carbocycles. The summed E-state index contributed by atoms with van der Waals surface area (Å²) in [5.41, 5.74) is 0. The van der Waals surface area contributed by atoms with Crippen LogP contribution in [0.15, 0.2) is 0 Å². The predicted molar refractivity (Wildman–Crippen MR) is 155 cm³/mol. The van der Waals surface area contributed by atoms with Crippen LogP contribution in [-0.2, 0) is 13.3 Å². The van der Waals surface area contributed by atoms with E-state index in [1.165, 1.54) is 109 Å². The highest BCUT2D eigenvalue weighted by Gasteiger charge is 2.37. The lowest BCUT2D eigenvalue weighted by atomic mass is 10.0. The highest BCUT2D eigenvalue weighted by atomic mass is 35.5. The molecule has 1 N–H and O–H groups in total. The summed E-state index contributed by atoms with van der Waals surface area (Å²) in [6.45, 7) is 8.16. The van der Waals surface area contributed by atoms with Crippen LogP contribution in [0.1, 0.15) is 130 Å². The van der Waals surface area contributed by atoms with Crippen molar-refractivity contribution < 1.29 is 35.3 Å². The predicted octanol–water partition coefficient (Wildman–Crippen LogP) is 4.98. The number of quaternary nitrogens is 1. The van der Waals surface area contributed by atoms with E-state index in [2.05, 4.69) is 21.0 Å². The van der Waals surface area contributed by atoms with E-state index in [-0.39, 0.29) is 18.5 Å². The quantitative estimate of drug-likeness (QED) is 0.104. The molecule has 0 bridgehead atoms. The largest absolute Gasteiger partial charge is 1.00 e. The van der Waals surface area contributed by atoms with Crippen LogP contribution >= 0.6 is 0 Å². The molecule has 0 heterocycles. The van der Waals surface area contributed by atoms with Gasteiger partial charge in [0.2, 0.25) is 0 Å². The van der Waals surface area contributed by atoms with Gasteiger partial charge in [0, 0.05) is 39.9 Å². The molecule has 36 heavy (non-hydrogen) atoms. The van der Waals surface area contributed by atoms with Gasteiger partial charge in [-0.25, -0.2) is 0 Å². The first kappa shape index (κ1) is 40.8. The van der Waals surface area contributed by atoms with E-state index < -0.39 is 8.80 Å². The van der Waals surface area contributed by atoms with Crippen molar-refractivity contribution in [2.24, 2.45) is 0 Å². The van der Waals surface area contributed by atoms with Crippen molar-refractivity contribution in [3.8, 4) is 0 Å². The van der Waals surface area contributed by atoms with Crippen molar-refractivity contribution in [3.05, 3.63) is 0 Å². The fourth-order valence-corrected chi connectivity index (χ4v) is 6.18. The zero-order valence-electron chi connectivity index (χ0n) is 25.7. The van der Waals surface area contributed by atoms with Gasteiger partial charge in [0.1, 0.15) is 0 Å². The van der Waals surface area contributed by atoms with Gasteiger partial charge in [-0.1, -0.05) is 96.8 Å². The molecule has 0 rings (SSSR count). The van der Waals surface area contributed by atoms with Gasteiger partial charge in [-0.3, -0.25) is 0 Å². The van der Waals surface area contributed by atoms with Gasteiger partial charge in [0.25, 0.3) is 0 Å². The highest BCUT2D eigenvalue weighted by Crippen LogP contribution is 2.17. The number of aliphatic hydroxyl groups excluding tert-OH is 1. The maximum Gasteiger partial charge on any atom is 0.500 e. The molecule has 222 valence electrons. The molecule has 0 aromatic heterocycles. The second-order valence-electron chi connectivity index (χ2n) is 11.2. The molecule has 0 aliphatic rings. The third kappa shape index (κ3) is 28.9. The third-order valence-electron chi connectivity index (χ3n) is 6.80. The first-order chi connectivity index (χ1) is 16.7. The number of unbranched alkanes of at least 4 members (excludes halogenated alkanes) is 15. The minimum atomic E-state index is -2.40. The molecular formula is C29H66ClNO4Si. The number of aliphatic hydroxyl groups is 1. The van der Waals surface area contributed by atoms with Crippen LogP contribution in [0.25, 0.3) is 0 Å². The molecule has 0 saturated heterocycles. The van der Waals surface area contributed by atoms with E-state index in [1.54, 1.807) is 35.2 Å². The lowest BCUT2D eigenvalue weighted by molar-refractivity contribution is -0.890. The summed E-state index contributed by atoms with van der Waals surface area (Å²) < 4.78 is 17.7. The van der Waals surface area contributed by atoms with Crippen molar-refractivity contribution in [3.63, 3.8) is 0 Å². The smallest absolute Gasteiger partial charge is 0.500 e. The molecule has 0 unspecified atom stereocenters. The van der Waals surface area contributed by atoms with E-state index in [4.69, 9.17) is 18.4 Å². The first-order valence-electron chi connectivity index (χ1n) is 14.8. The highest BCUT2D eigenvalue weighted by molar-refractivity contribution is 6.60. The molecule has 0 amide bonds. The van der Waals surface area contributed by atoms with E-state index in [0.717, 1.165) is 23.5 Å². The third-order valence-corrected chi connectivity index (χ3v) is 9.63. The zero-order valence-corrected chi connectivity index (χ0v) is 27.5. The summed E-state index contributed by atoms with van der Waals surface area (Å²) in [7, 11) is 7.40. The fraction of sp³-hybridized carbons (Fsp3) is 1.00. The number of hydrogen-bond donors (Lipinski definition) is 1.